The van der Waals surface area contributed by atoms with E-state index in [1.165, 1.54) is 17.7 Å². The molecule has 6 heteroatoms. The van der Waals surface area contributed by atoms with Gasteiger partial charge < -0.3 is 9.42 Å². The van der Waals surface area contributed by atoms with Crippen molar-refractivity contribution < 1.29 is 13.7 Å². The molecular weight excluding hydrogens is 357 g/mol. The zero-order valence-electron chi connectivity index (χ0n) is 15.6. The Bertz CT molecular complexity index is 924. The van der Waals surface area contributed by atoms with Crippen molar-refractivity contribution in [3.05, 3.63) is 71.9 Å². The van der Waals surface area contributed by atoms with Crippen LogP contribution in [0.2, 0.25) is 0 Å². The van der Waals surface area contributed by atoms with Crippen molar-refractivity contribution in [2.75, 3.05) is 13.1 Å². The summed E-state index contributed by atoms with van der Waals surface area (Å²) in [6.45, 7) is 1.60. The van der Waals surface area contributed by atoms with Crippen LogP contribution in [-0.4, -0.2) is 34.0 Å². The third-order valence-corrected chi connectivity index (χ3v) is 5.16. The van der Waals surface area contributed by atoms with E-state index in [0.717, 1.165) is 19.5 Å². The van der Waals surface area contributed by atoms with Gasteiger partial charge in [-0.3, -0.25) is 4.79 Å². The maximum absolute atomic E-state index is 13.0. The van der Waals surface area contributed by atoms with Crippen molar-refractivity contribution in [1.29, 1.82) is 0 Å². The van der Waals surface area contributed by atoms with E-state index in [4.69, 9.17) is 4.52 Å². The summed E-state index contributed by atoms with van der Waals surface area (Å²) in [7, 11) is 0. The maximum Gasteiger partial charge on any atom is 0.226 e. The molecule has 1 aliphatic rings. The third-order valence-electron chi connectivity index (χ3n) is 5.16. The molecule has 3 aromatic rings. The fourth-order valence-corrected chi connectivity index (χ4v) is 3.61. The molecule has 144 valence electrons. The van der Waals surface area contributed by atoms with Crippen LogP contribution in [0.5, 0.6) is 0 Å². The quantitative estimate of drug-likeness (QED) is 0.644. The molecule has 5 nitrogen and oxygen atoms in total. The number of benzene rings is 2. The lowest BCUT2D eigenvalue weighted by Crippen LogP contribution is -2.28. The minimum absolute atomic E-state index is 0.178. The standard InChI is InChI=1S/C22H22FN3O2/c23-19-11-9-17(10-12-19)22-24-20(28-25-22)7-4-8-21(27)26-14-13-18(15-26)16-5-2-1-3-6-16/h1-3,5-6,9-12,18H,4,7-8,13-15H2. The highest BCUT2D eigenvalue weighted by molar-refractivity contribution is 5.76. The topological polar surface area (TPSA) is 59.2 Å². The Morgan fingerprint density at radius 1 is 1.14 bits per heavy atom. The number of carbonyl (C=O) groups excluding carboxylic acids is 1. The smallest absolute Gasteiger partial charge is 0.226 e. The summed E-state index contributed by atoms with van der Waals surface area (Å²) < 4.78 is 18.3. The van der Waals surface area contributed by atoms with Crippen LogP contribution in [0.4, 0.5) is 4.39 Å². The summed E-state index contributed by atoms with van der Waals surface area (Å²) >= 11 is 0. The van der Waals surface area contributed by atoms with Gasteiger partial charge in [0.2, 0.25) is 17.6 Å². The molecule has 2 aromatic carbocycles. The molecule has 28 heavy (non-hydrogen) atoms. The number of halogens is 1. The number of hydrogen-bond acceptors (Lipinski definition) is 4. The summed E-state index contributed by atoms with van der Waals surface area (Å²) in [6, 6.07) is 16.3. The number of rotatable bonds is 6. The first-order chi connectivity index (χ1) is 13.7. The van der Waals surface area contributed by atoms with Crippen LogP contribution in [-0.2, 0) is 11.2 Å². The SMILES string of the molecule is O=C(CCCc1nc(-c2ccc(F)cc2)no1)N1CCC(c2ccccc2)C1. The molecule has 0 aliphatic carbocycles. The average Bonchev–Trinajstić information content (AvgIpc) is 3.39. The Morgan fingerprint density at radius 3 is 2.71 bits per heavy atom. The van der Waals surface area contributed by atoms with Crippen molar-refractivity contribution in [3.63, 3.8) is 0 Å². The molecule has 0 radical (unpaired) electrons. The van der Waals surface area contributed by atoms with Gasteiger partial charge in [0.25, 0.3) is 0 Å². The third kappa shape index (κ3) is 4.27. The van der Waals surface area contributed by atoms with Crippen LogP contribution in [0.25, 0.3) is 11.4 Å². The predicted molar refractivity (Wildman–Crippen MR) is 103 cm³/mol. The summed E-state index contributed by atoms with van der Waals surface area (Å²) in [5, 5.41) is 3.93. The van der Waals surface area contributed by atoms with E-state index >= 15 is 0 Å². The van der Waals surface area contributed by atoms with E-state index in [2.05, 4.69) is 22.3 Å². The van der Waals surface area contributed by atoms with E-state index in [1.54, 1.807) is 12.1 Å². The fraction of sp³-hybridized carbons (Fsp3) is 0.318. The van der Waals surface area contributed by atoms with Gasteiger partial charge >= 0.3 is 0 Å². The number of aromatic nitrogens is 2. The molecule has 0 saturated carbocycles. The van der Waals surface area contributed by atoms with E-state index in [-0.39, 0.29) is 11.7 Å². The normalized spacial score (nSPS) is 16.5. The molecule has 0 bridgehead atoms. The van der Waals surface area contributed by atoms with Gasteiger partial charge in [-0.15, -0.1) is 0 Å². The largest absolute Gasteiger partial charge is 0.342 e. The van der Waals surface area contributed by atoms with Gasteiger partial charge in [0.05, 0.1) is 0 Å². The molecule has 1 aromatic heterocycles. The molecule has 1 saturated heterocycles. The Morgan fingerprint density at radius 2 is 1.93 bits per heavy atom. The first-order valence-corrected chi connectivity index (χ1v) is 9.60. The van der Waals surface area contributed by atoms with E-state index in [0.29, 0.717) is 42.5 Å². The van der Waals surface area contributed by atoms with Gasteiger partial charge in [-0.05, 0) is 42.7 Å². The van der Waals surface area contributed by atoms with Gasteiger partial charge in [0, 0.05) is 37.4 Å². The van der Waals surface area contributed by atoms with Crippen LogP contribution in [0.1, 0.15) is 36.6 Å². The Kier molecular flexibility index (Phi) is 5.46. The van der Waals surface area contributed by atoms with E-state index in [1.807, 2.05) is 23.1 Å². The van der Waals surface area contributed by atoms with Crippen molar-refractivity contribution >= 4 is 5.91 Å². The van der Waals surface area contributed by atoms with E-state index < -0.39 is 0 Å². The number of hydrogen-bond donors (Lipinski definition) is 0. The first kappa shape index (κ1) is 18.3. The molecule has 2 heterocycles. The fourth-order valence-electron chi connectivity index (χ4n) is 3.61. The molecule has 1 amide bonds. The highest BCUT2D eigenvalue weighted by Crippen LogP contribution is 2.27. The molecule has 1 aliphatic heterocycles. The second kappa shape index (κ2) is 8.33. The van der Waals surface area contributed by atoms with Crippen LogP contribution < -0.4 is 0 Å². The minimum atomic E-state index is -0.303. The van der Waals surface area contributed by atoms with Crippen LogP contribution in [0, 0.1) is 5.82 Å². The highest BCUT2D eigenvalue weighted by Gasteiger charge is 2.26. The molecular formula is C22H22FN3O2. The van der Waals surface area contributed by atoms with Crippen molar-refractivity contribution in [2.24, 2.45) is 0 Å². The summed E-state index contributed by atoms with van der Waals surface area (Å²) in [4.78, 5) is 18.8. The number of nitrogens with zero attached hydrogens (tertiary/aromatic N) is 3. The lowest BCUT2D eigenvalue weighted by atomic mass is 9.99. The lowest BCUT2D eigenvalue weighted by Gasteiger charge is -2.16. The van der Waals surface area contributed by atoms with Gasteiger partial charge in [0.1, 0.15) is 5.82 Å². The minimum Gasteiger partial charge on any atom is -0.342 e. The van der Waals surface area contributed by atoms with Crippen LogP contribution in [0.3, 0.4) is 0 Å². The molecule has 4 rings (SSSR count). The van der Waals surface area contributed by atoms with Gasteiger partial charge in [-0.2, -0.15) is 4.98 Å². The van der Waals surface area contributed by atoms with Crippen molar-refractivity contribution in [3.8, 4) is 11.4 Å². The molecule has 1 fully saturated rings. The van der Waals surface area contributed by atoms with Crippen molar-refractivity contribution in [2.45, 2.75) is 31.6 Å². The first-order valence-electron chi connectivity index (χ1n) is 9.60. The van der Waals surface area contributed by atoms with Crippen molar-refractivity contribution in [1.82, 2.24) is 15.0 Å². The summed E-state index contributed by atoms with van der Waals surface area (Å²) in [5.41, 5.74) is 2.01. The zero-order chi connectivity index (χ0) is 19.3. The number of amides is 1. The molecule has 0 N–H and O–H groups in total. The Labute approximate surface area is 163 Å². The number of likely N-dealkylation sites (tertiary alicyclic amines) is 1. The van der Waals surface area contributed by atoms with E-state index in [9.17, 15) is 9.18 Å². The monoisotopic (exact) mass is 379 g/mol. The predicted octanol–water partition coefficient (Wildman–Crippen LogP) is 4.21. The molecule has 1 unspecified atom stereocenters. The summed E-state index contributed by atoms with van der Waals surface area (Å²) in [5.74, 6) is 1.24. The average molecular weight is 379 g/mol. The zero-order valence-corrected chi connectivity index (χ0v) is 15.6. The molecule has 0 spiro atoms. The highest BCUT2D eigenvalue weighted by atomic mass is 19.1. The van der Waals surface area contributed by atoms with Crippen LogP contribution in [0.15, 0.2) is 59.1 Å². The van der Waals surface area contributed by atoms with Gasteiger partial charge in [-0.25, -0.2) is 4.39 Å². The second-order valence-electron chi connectivity index (χ2n) is 7.11. The summed E-state index contributed by atoms with van der Waals surface area (Å²) in [6.07, 6.45) is 2.70. The van der Waals surface area contributed by atoms with Crippen LogP contribution >= 0.6 is 0 Å². The number of carbonyl (C=O) groups is 1. The lowest BCUT2D eigenvalue weighted by molar-refractivity contribution is -0.130. The van der Waals surface area contributed by atoms with Gasteiger partial charge in [0.15, 0.2) is 0 Å². The number of aryl methyl sites for hydroxylation is 1. The molecule has 1 atom stereocenters. The Hall–Kier alpha value is -3.02. The second-order valence-corrected chi connectivity index (χ2v) is 7.11. The Balaban J connectivity index is 1.25. The maximum atomic E-state index is 13.0. The van der Waals surface area contributed by atoms with Gasteiger partial charge in [-0.1, -0.05) is 35.5 Å².